The number of nitrogens with two attached hydrogens (primary N) is 1. The Kier molecular flexibility index (Phi) is 3.83. The predicted octanol–water partition coefficient (Wildman–Crippen LogP) is 1.57. The van der Waals surface area contributed by atoms with Crippen LogP contribution in [-0.2, 0) is 11.3 Å². The fourth-order valence-corrected chi connectivity index (χ4v) is 1.76. The van der Waals surface area contributed by atoms with Crippen molar-refractivity contribution in [3.05, 3.63) is 33.3 Å². The Morgan fingerprint density at radius 1 is 1.67 bits per heavy atom. The van der Waals surface area contributed by atoms with Crippen LogP contribution in [0.2, 0.25) is 0 Å². The van der Waals surface area contributed by atoms with Crippen molar-refractivity contribution in [2.75, 3.05) is 7.11 Å². The first-order chi connectivity index (χ1) is 7.13. The number of benzene rings is 1. The SMILES string of the molecule is COC(=O)c1cc(CN)cc(Br)c1C#N. The van der Waals surface area contributed by atoms with Gasteiger partial charge in [0.1, 0.15) is 6.07 Å². The Hall–Kier alpha value is -1.38. The van der Waals surface area contributed by atoms with E-state index in [0.29, 0.717) is 11.0 Å². The zero-order valence-corrected chi connectivity index (χ0v) is 9.67. The predicted molar refractivity (Wildman–Crippen MR) is 58.1 cm³/mol. The highest BCUT2D eigenvalue weighted by atomic mass is 79.9. The van der Waals surface area contributed by atoms with E-state index in [9.17, 15) is 4.79 Å². The van der Waals surface area contributed by atoms with Crippen LogP contribution in [0.3, 0.4) is 0 Å². The van der Waals surface area contributed by atoms with Gasteiger partial charge in [0.2, 0.25) is 0 Å². The average molecular weight is 269 g/mol. The van der Waals surface area contributed by atoms with Gasteiger partial charge in [-0.25, -0.2) is 4.79 Å². The molecule has 0 heterocycles. The Bertz CT molecular complexity index is 438. The van der Waals surface area contributed by atoms with Crippen LogP contribution in [0.15, 0.2) is 16.6 Å². The molecular weight excluding hydrogens is 260 g/mol. The summed E-state index contributed by atoms with van der Waals surface area (Å²) < 4.78 is 5.13. The number of methoxy groups -OCH3 is 1. The van der Waals surface area contributed by atoms with Gasteiger partial charge in [-0.3, -0.25) is 0 Å². The highest BCUT2D eigenvalue weighted by Gasteiger charge is 2.15. The van der Waals surface area contributed by atoms with Crippen molar-refractivity contribution in [1.29, 1.82) is 5.26 Å². The van der Waals surface area contributed by atoms with Crippen LogP contribution in [-0.4, -0.2) is 13.1 Å². The maximum Gasteiger partial charge on any atom is 0.339 e. The number of hydrogen-bond acceptors (Lipinski definition) is 4. The molecule has 0 aromatic heterocycles. The van der Waals surface area contributed by atoms with Crippen molar-refractivity contribution in [2.24, 2.45) is 5.73 Å². The molecule has 1 aromatic carbocycles. The summed E-state index contributed by atoms with van der Waals surface area (Å²) in [4.78, 5) is 11.4. The molecule has 2 N–H and O–H groups in total. The van der Waals surface area contributed by atoms with E-state index in [2.05, 4.69) is 20.7 Å². The largest absolute Gasteiger partial charge is 0.465 e. The van der Waals surface area contributed by atoms with Crippen molar-refractivity contribution in [3.8, 4) is 6.07 Å². The third-order valence-corrected chi connectivity index (χ3v) is 2.53. The van der Waals surface area contributed by atoms with Gasteiger partial charge in [0.25, 0.3) is 0 Å². The molecule has 5 heteroatoms. The van der Waals surface area contributed by atoms with Crippen molar-refractivity contribution in [2.45, 2.75) is 6.54 Å². The molecule has 0 atom stereocenters. The van der Waals surface area contributed by atoms with E-state index >= 15 is 0 Å². The van der Waals surface area contributed by atoms with E-state index in [-0.39, 0.29) is 11.1 Å². The quantitative estimate of drug-likeness (QED) is 0.827. The van der Waals surface area contributed by atoms with Crippen LogP contribution in [0.4, 0.5) is 0 Å². The molecule has 0 saturated carbocycles. The molecule has 4 nitrogen and oxygen atoms in total. The summed E-state index contributed by atoms with van der Waals surface area (Å²) >= 11 is 3.21. The van der Waals surface area contributed by atoms with E-state index in [4.69, 9.17) is 11.0 Å². The average Bonchev–Trinajstić information content (AvgIpc) is 2.26. The number of halogens is 1. The summed E-state index contributed by atoms with van der Waals surface area (Å²) in [6.07, 6.45) is 0. The molecule has 0 aliphatic heterocycles. The molecular formula is C10H9BrN2O2. The molecule has 0 unspecified atom stereocenters. The van der Waals surface area contributed by atoms with Gasteiger partial charge in [-0.1, -0.05) is 0 Å². The zero-order valence-electron chi connectivity index (χ0n) is 8.08. The summed E-state index contributed by atoms with van der Waals surface area (Å²) in [7, 11) is 1.27. The Morgan fingerprint density at radius 2 is 2.33 bits per heavy atom. The second-order valence-corrected chi connectivity index (χ2v) is 3.66. The molecule has 0 fully saturated rings. The van der Waals surface area contributed by atoms with E-state index in [1.807, 2.05) is 6.07 Å². The number of carbonyl (C=O) groups excluding carboxylic acids is 1. The molecule has 0 spiro atoms. The summed E-state index contributed by atoms with van der Waals surface area (Å²) in [6, 6.07) is 5.22. The van der Waals surface area contributed by atoms with E-state index in [1.54, 1.807) is 12.1 Å². The van der Waals surface area contributed by atoms with Gasteiger partial charge in [-0.15, -0.1) is 0 Å². The number of carbonyl (C=O) groups is 1. The minimum absolute atomic E-state index is 0.231. The minimum Gasteiger partial charge on any atom is -0.465 e. The second-order valence-electron chi connectivity index (χ2n) is 2.81. The summed E-state index contributed by atoms with van der Waals surface area (Å²) in [5.41, 5.74) is 6.72. The summed E-state index contributed by atoms with van der Waals surface area (Å²) in [5, 5.41) is 8.89. The molecule has 1 rings (SSSR count). The van der Waals surface area contributed by atoms with Gasteiger partial charge < -0.3 is 10.5 Å². The molecule has 0 saturated heterocycles. The van der Waals surface area contributed by atoms with Crippen molar-refractivity contribution in [3.63, 3.8) is 0 Å². The van der Waals surface area contributed by atoms with Gasteiger partial charge >= 0.3 is 5.97 Å². The maximum atomic E-state index is 11.4. The monoisotopic (exact) mass is 268 g/mol. The van der Waals surface area contributed by atoms with Crippen LogP contribution < -0.4 is 5.73 Å². The number of hydrogen-bond donors (Lipinski definition) is 1. The van der Waals surface area contributed by atoms with Crippen LogP contribution in [0.5, 0.6) is 0 Å². The lowest BCUT2D eigenvalue weighted by Gasteiger charge is -2.06. The summed E-state index contributed by atoms with van der Waals surface area (Å²) in [6.45, 7) is 0.300. The Labute approximate surface area is 95.8 Å². The van der Waals surface area contributed by atoms with Crippen molar-refractivity contribution >= 4 is 21.9 Å². The fraction of sp³-hybridized carbons (Fsp3) is 0.200. The van der Waals surface area contributed by atoms with Crippen LogP contribution in [0.25, 0.3) is 0 Å². The van der Waals surface area contributed by atoms with Gasteiger partial charge in [-0.2, -0.15) is 5.26 Å². The summed E-state index contributed by atoms with van der Waals surface area (Å²) in [5.74, 6) is -0.539. The number of rotatable bonds is 2. The number of nitriles is 1. The lowest BCUT2D eigenvalue weighted by atomic mass is 10.0. The third kappa shape index (κ3) is 2.35. The number of esters is 1. The molecule has 0 radical (unpaired) electrons. The van der Waals surface area contributed by atoms with E-state index < -0.39 is 5.97 Å². The van der Waals surface area contributed by atoms with Crippen LogP contribution in [0.1, 0.15) is 21.5 Å². The van der Waals surface area contributed by atoms with Crippen LogP contribution in [0, 0.1) is 11.3 Å². The normalized spacial score (nSPS) is 9.47. The molecule has 1 aromatic rings. The van der Waals surface area contributed by atoms with Crippen molar-refractivity contribution in [1.82, 2.24) is 0 Å². The molecule has 0 amide bonds. The van der Waals surface area contributed by atoms with Gasteiger partial charge in [-0.05, 0) is 33.6 Å². The van der Waals surface area contributed by atoms with Crippen LogP contribution >= 0.6 is 15.9 Å². The third-order valence-electron chi connectivity index (χ3n) is 1.90. The topological polar surface area (TPSA) is 76.1 Å². The van der Waals surface area contributed by atoms with Gasteiger partial charge in [0.15, 0.2) is 0 Å². The standard InChI is InChI=1S/C10H9BrN2O2/c1-15-10(14)7-2-6(4-12)3-9(11)8(7)5-13/h2-3H,4,12H2,1H3. The molecule has 78 valence electrons. The molecule has 0 aliphatic rings. The fourth-order valence-electron chi connectivity index (χ4n) is 1.17. The molecule has 0 bridgehead atoms. The minimum atomic E-state index is -0.539. The highest BCUT2D eigenvalue weighted by Crippen LogP contribution is 2.23. The highest BCUT2D eigenvalue weighted by molar-refractivity contribution is 9.10. The number of ether oxygens (including phenoxy) is 1. The Balaban J connectivity index is 3.40. The molecule has 0 aliphatic carbocycles. The first-order valence-electron chi connectivity index (χ1n) is 4.15. The second kappa shape index (κ2) is 4.91. The van der Waals surface area contributed by atoms with Crippen molar-refractivity contribution < 1.29 is 9.53 Å². The molecule has 15 heavy (non-hydrogen) atoms. The lowest BCUT2D eigenvalue weighted by molar-refractivity contribution is 0.0600. The van der Waals surface area contributed by atoms with E-state index in [1.165, 1.54) is 7.11 Å². The zero-order chi connectivity index (χ0) is 11.4. The first kappa shape index (κ1) is 11.7. The van der Waals surface area contributed by atoms with E-state index in [0.717, 1.165) is 5.56 Å². The first-order valence-corrected chi connectivity index (χ1v) is 4.94. The lowest BCUT2D eigenvalue weighted by Crippen LogP contribution is -2.07. The Morgan fingerprint density at radius 3 is 2.80 bits per heavy atom. The number of nitrogens with zero attached hydrogens (tertiary/aromatic N) is 1. The maximum absolute atomic E-state index is 11.4. The van der Waals surface area contributed by atoms with Gasteiger partial charge in [0.05, 0.1) is 18.2 Å². The smallest absolute Gasteiger partial charge is 0.339 e. The van der Waals surface area contributed by atoms with Gasteiger partial charge in [0, 0.05) is 11.0 Å².